The first-order valence-corrected chi connectivity index (χ1v) is 9.87. The standard InChI is InChI=1S/C20H19F2N3O2S/c21-19(22)27-16-8-3-1-6-14(16)18(26)24-10-5-11-25(13-12-24)20-23-15-7-2-4-9-17(15)28-20/h1-4,6-9,19H,5,10-13H2. The van der Waals surface area contributed by atoms with Gasteiger partial charge in [-0.05, 0) is 30.7 Å². The van der Waals surface area contributed by atoms with Crippen molar-refractivity contribution in [3.05, 3.63) is 54.1 Å². The Morgan fingerprint density at radius 1 is 1.04 bits per heavy atom. The molecule has 4 rings (SSSR count). The largest absolute Gasteiger partial charge is 0.434 e. The van der Waals surface area contributed by atoms with E-state index in [4.69, 9.17) is 4.98 Å². The van der Waals surface area contributed by atoms with Gasteiger partial charge in [0, 0.05) is 26.2 Å². The maximum absolute atomic E-state index is 12.9. The number of para-hydroxylation sites is 2. The van der Waals surface area contributed by atoms with Crippen molar-refractivity contribution >= 4 is 32.6 Å². The number of anilines is 1. The van der Waals surface area contributed by atoms with E-state index in [1.54, 1.807) is 28.4 Å². The lowest BCUT2D eigenvalue weighted by atomic mass is 10.1. The molecule has 1 saturated heterocycles. The Balaban J connectivity index is 1.49. The lowest BCUT2D eigenvalue weighted by Crippen LogP contribution is -2.35. The molecule has 1 fully saturated rings. The van der Waals surface area contributed by atoms with Gasteiger partial charge in [0.1, 0.15) is 5.75 Å². The Kier molecular flexibility index (Phi) is 5.38. The van der Waals surface area contributed by atoms with Crippen LogP contribution >= 0.6 is 11.3 Å². The van der Waals surface area contributed by atoms with Crippen molar-refractivity contribution in [3.63, 3.8) is 0 Å². The number of benzene rings is 2. The fourth-order valence-electron chi connectivity index (χ4n) is 3.32. The first-order valence-electron chi connectivity index (χ1n) is 9.05. The smallest absolute Gasteiger partial charge is 0.387 e. The number of carbonyl (C=O) groups excluding carboxylic acids is 1. The highest BCUT2D eigenvalue weighted by Gasteiger charge is 2.24. The van der Waals surface area contributed by atoms with Gasteiger partial charge in [-0.25, -0.2) is 4.98 Å². The predicted molar refractivity (Wildman–Crippen MR) is 105 cm³/mol. The van der Waals surface area contributed by atoms with E-state index in [9.17, 15) is 13.6 Å². The third kappa shape index (κ3) is 3.91. The van der Waals surface area contributed by atoms with Crippen molar-refractivity contribution in [2.45, 2.75) is 13.0 Å². The van der Waals surface area contributed by atoms with E-state index < -0.39 is 6.61 Å². The normalized spacial score (nSPS) is 15.1. The van der Waals surface area contributed by atoms with Crippen LogP contribution in [0.25, 0.3) is 10.2 Å². The number of rotatable bonds is 4. The van der Waals surface area contributed by atoms with Crippen LogP contribution in [0, 0.1) is 0 Å². The Labute approximate surface area is 165 Å². The van der Waals surface area contributed by atoms with E-state index in [1.807, 2.05) is 24.3 Å². The van der Waals surface area contributed by atoms with E-state index in [0.717, 1.165) is 28.3 Å². The summed E-state index contributed by atoms with van der Waals surface area (Å²) in [5.41, 5.74) is 1.13. The zero-order valence-corrected chi connectivity index (χ0v) is 15.9. The quantitative estimate of drug-likeness (QED) is 0.653. The van der Waals surface area contributed by atoms with Gasteiger partial charge in [-0.2, -0.15) is 8.78 Å². The summed E-state index contributed by atoms with van der Waals surface area (Å²) in [6, 6.07) is 14.1. The first kappa shape index (κ1) is 18.6. The summed E-state index contributed by atoms with van der Waals surface area (Å²) < 4.78 is 30.9. The molecule has 0 bridgehead atoms. The lowest BCUT2D eigenvalue weighted by Gasteiger charge is -2.22. The van der Waals surface area contributed by atoms with Gasteiger partial charge >= 0.3 is 6.61 Å². The molecular formula is C20H19F2N3O2S. The number of hydrogen-bond donors (Lipinski definition) is 0. The van der Waals surface area contributed by atoms with Crippen LogP contribution in [0.15, 0.2) is 48.5 Å². The lowest BCUT2D eigenvalue weighted by molar-refractivity contribution is -0.0502. The average Bonchev–Trinajstić information content (AvgIpc) is 2.97. The SMILES string of the molecule is O=C(c1ccccc1OC(F)F)N1CCCN(c2nc3ccccc3s2)CC1. The summed E-state index contributed by atoms with van der Waals surface area (Å²) in [5, 5.41) is 0.942. The Morgan fingerprint density at radius 2 is 1.82 bits per heavy atom. The second kappa shape index (κ2) is 8.10. The van der Waals surface area contributed by atoms with Crippen molar-refractivity contribution in [2.75, 3.05) is 31.1 Å². The topological polar surface area (TPSA) is 45.7 Å². The van der Waals surface area contributed by atoms with Crippen LogP contribution in [0.2, 0.25) is 0 Å². The zero-order valence-electron chi connectivity index (χ0n) is 15.1. The number of carbonyl (C=O) groups is 1. The van der Waals surface area contributed by atoms with Crippen LogP contribution in [0.3, 0.4) is 0 Å². The van der Waals surface area contributed by atoms with Crippen LogP contribution in [-0.2, 0) is 0 Å². The highest BCUT2D eigenvalue weighted by molar-refractivity contribution is 7.22. The van der Waals surface area contributed by atoms with Crippen molar-refractivity contribution in [1.29, 1.82) is 0 Å². The predicted octanol–water partition coefficient (Wildman–Crippen LogP) is 4.25. The Bertz CT molecular complexity index is 946. The minimum absolute atomic E-state index is 0.0882. The molecule has 1 aliphatic rings. The second-order valence-corrected chi connectivity index (χ2v) is 7.48. The molecular weight excluding hydrogens is 384 g/mol. The fraction of sp³-hybridized carbons (Fsp3) is 0.300. The molecule has 1 aromatic heterocycles. The van der Waals surface area contributed by atoms with Crippen LogP contribution in [0.4, 0.5) is 13.9 Å². The number of aromatic nitrogens is 1. The van der Waals surface area contributed by atoms with E-state index in [0.29, 0.717) is 19.6 Å². The van der Waals surface area contributed by atoms with Crippen LogP contribution in [0.5, 0.6) is 5.75 Å². The molecule has 146 valence electrons. The molecule has 1 aliphatic heterocycles. The molecule has 0 aliphatic carbocycles. The van der Waals surface area contributed by atoms with E-state index in [2.05, 4.69) is 9.64 Å². The van der Waals surface area contributed by atoms with Gasteiger partial charge in [-0.1, -0.05) is 35.6 Å². The van der Waals surface area contributed by atoms with Crippen LogP contribution in [0.1, 0.15) is 16.8 Å². The third-order valence-corrected chi connectivity index (χ3v) is 5.77. The van der Waals surface area contributed by atoms with Gasteiger partial charge in [-0.15, -0.1) is 0 Å². The summed E-state index contributed by atoms with van der Waals surface area (Å²) in [4.78, 5) is 21.5. The molecule has 0 unspecified atom stereocenters. The average molecular weight is 403 g/mol. The molecule has 0 N–H and O–H groups in total. The minimum Gasteiger partial charge on any atom is -0.434 e. The molecule has 28 heavy (non-hydrogen) atoms. The second-order valence-electron chi connectivity index (χ2n) is 6.47. The number of nitrogens with zero attached hydrogens (tertiary/aromatic N) is 3. The third-order valence-electron chi connectivity index (χ3n) is 4.67. The molecule has 2 aromatic carbocycles. The molecule has 0 atom stereocenters. The number of thiazole rings is 1. The molecule has 0 radical (unpaired) electrons. The summed E-state index contributed by atoms with van der Waals surface area (Å²) in [5.74, 6) is -0.378. The molecule has 5 nitrogen and oxygen atoms in total. The van der Waals surface area contributed by atoms with Crippen molar-refractivity contribution < 1.29 is 18.3 Å². The summed E-state index contributed by atoms with van der Waals surface area (Å²) in [6.07, 6.45) is 0.777. The Hall–Kier alpha value is -2.74. The first-order chi connectivity index (χ1) is 13.6. The highest BCUT2D eigenvalue weighted by atomic mass is 32.1. The molecule has 8 heteroatoms. The van der Waals surface area contributed by atoms with Crippen molar-refractivity contribution in [3.8, 4) is 5.75 Å². The Morgan fingerprint density at radius 3 is 2.64 bits per heavy atom. The number of hydrogen-bond acceptors (Lipinski definition) is 5. The number of fused-ring (bicyclic) bond motifs is 1. The molecule has 0 spiro atoms. The molecule has 3 aromatic rings. The van der Waals surface area contributed by atoms with Gasteiger partial charge in [0.05, 0.1) is 15.8 Å². The molecule has 0 saturated carbocycles. The number of alkyl halides is 2. The molecule has 2 heterocycles. The molecule has 1 amide bonds. The van der Waals surface area contributed by atoms with Crippen LogP contribution < -0.4 is 9.64 Å². The highest BCUT2D eigenvalue weighted by Crippen LogP contribution is 2.29. The van der Waals surface area contributed by atoms with Gasteiger partial charge in [0.2, 0.25) is 0 Å². The van der Waals surface area contributed by atoms with Gasteiger partial charge in [0.25, 0.3) is 5.91 Å². The maximum atomic E-state index is 12.9. The monoisotopic (exact) mass is 403 g/mol. The summed E-state index contributed by atoms with van der Waals surface area (Å²) in [6.45, 7) is -0.476. The number of ether oxygens (including phenoxy) is 1. The van der Waals surface area contributed by atoms with Gasteiger partial charge in [-0.3, -0.25) is 4.79 Å². The van der Waals surface area contributed by atoms with Crippen molar-refractivity contribution in [1.82, 2.24) is 9.88 Å². The zero-order chi connectivity index (χ0) is 19.5. The fourth-order valence-corrected chi connectivity index (χ4v) is 4.34. The van der Waals surface area contributed by atoms with Gasteiger partial charge in [0.15, 0.2) is 5.13 Å². The summed E-state index contributed by atoms with van der Waals surface area (Å²) in [7, 11) is 0. The van der Waals surface area contributed by atoms with E-state index >= 15 is 0 Å². The number of amides is 1. The van der Waals surface area contributed by atoms with E-state index in [1.165, 1.54) is 12.1 Å². The van der Waals surface area contributed by atoms with Crippen LogP contribution in [-0.4, -0.2) is 48.6 Å². The maximum Gasteiger partial charge on any atom is 0.387 e. The summed E-state index contributed by atoms with van der Waals surface area (Å²) >= 11 is 1.64. The minimum atomic E-state index is -2.97. The van der Waals surface area contributed by atoms with E-state index in [-0.39, 0.29) is 17.2 Å². The number of halogens is 2. The van der Waals surface area contributed by atoms with Crippen molar-refractivity contribution in [2.24, 2.45) is 0 Å². The van der Waals surface area contributed by atoms with Gasteiger partial charge < -0.3 is 14.5 Å².